The maximum Gasteiger partial charge on any atom is 0.247 e. The van der Waals surface area contributed by atoms with E-state index in [1.165, 1.54) is 6.07 Å². The number of nitrogens with zero attached hydrogens (tertiary/aromatic N) is 3. The van der Waals surface area contributed by atoms with Gasteiger partial charge in [-0.25, -0.2) is 4.52 Å². The third-order valence-corrected chi connectivity index (χ3v) is 4.25. The first-order chi connectivity index (χ1) is 12.1. The predicted molar refractivity (Wildman–Crippen MR) is 96.1 cm³/mol. The summed E-state index contributed by atoms with van der Waals surface area (Å²) in [6.07, 6.45) is 6.23. The highest BCUT2D eigenvalue weighted by molar-refractivity contribution is 6.29. The molecule has 0 radical (unpaired) electrons. The predicted octanol–water partition coefficient (Wildman–Crippen LogP) is 2.13. The summed E-state index contributed by atoms with van der Waals surface area (Å²) in [7, 11) is 0. The van der Waals surface area contributed by atoms with Crippen LogP contribution in [0.15, 0.2) is 47.7 Å². The van der Waals surface area contributed by atoms with Crippen LogP contribution < -0.4 is 15.6 Å². The van der Waals surface area contributed by atoms with Gasteiger partial charge in [0.15, 0.2) is 5.15 Å². The van der Waals surface area contributed by atoms with Gasteiger partial charge in [-0.05, 0) is 32.0 Å². The van der Waals surface area contributed by atoms with Crippen LogP contribution in [0.3, 0.4) is 0 Å². The summed E-state index contributed by atoms with van der Waals surface area (Å²) in [5, 5.41) is 7.87. The molecule has 4 heterocycles. The van der Waals surface area contributed by atoms with Gasteiger partial charge in [-0.15, -0.1) is 0 Å². The monoisotopic (exact) mass is 361 g/mol. The first-order valence-electron chi connectivity index (χ1n) is 8.14. The molecule has 2 atom stereocenters. The molecule has 7 nitrogen and oxygen atoms in total. The summed E-state index contributed by atoms with van der Waals surface area (Å²) >= 11 is 5.96. The van der Waals surface area contributed by atoms with Gasteiger partial charge in [0.1, 0.15) is 11.6 Å². The molecule has 132 valence electrons. The van der Waals surface area contributed by atoms with Crippen molar-refractivity contribution in [2.24, 2.45) is 5.92 Å². The number of halogens is 1. The molecule has 0 saturated carbocycles. The van der Waals surface area contributed by atoms with Gasteiger partial charge in [-0.2, -0.15) is 10.1 Å². The number of rotatable bonds is 3. The van der Waals surface area contributed by atoms with Crippen molar-refractivity contribution in [3.8, 4) is 5.88 Å². The lowest BCUT2D eigenvalue weighted by atomic mass is 10.0. The van der Waals surface area contributed by atoms with Gasteiger partial charge in [-0.3, -0.25) is 4.79 Å². The third kappa shape index (κ3) is 4.58. The number of pyridine rings is 1. The fourth-order valence-corrected chi connectivity index (χ4v) is 2.85. The number of nitrogens with one attached hydrogen (secondary N) is 2. The van der Waals surface area contributed by atoms with Crippen molar-refractivity contribution < 1.29 is 4.74 Å². The highest BCUT2D eigenvalue weighted by atomic mass is 35.5. The van der Waals surface area contributed by atoms with Crippen LogP contribution in [0.2, 0.25) is 5.15 Å². The average molecular weight is 362 g/mol. The second kappa shape index (κ2) is 8.13. The lowest BCUT2D eigenvalue weighted by molar-refractivity contribution is 0.156. The van der Waals surface area contributed by atoms with E-state index in [1.807, 2.05) is 6.07 Å². The van der Waals surface area contributed by atoms with Crippen molar-refractivity contribution in [1.82, 2.24) is 24.9 Å². The van der Waals surface area contributed by atoms with E-state index >= 15 is 0 Å². The normalized spacial score (nSPS) is 17.8. The SMILES string of the molecule is C[C@@H](Oc1nc(Cl)cn2nccc12)[C@@H]1CCNC1.O=c1cccc[nH]1. The molecule has 25 heavy (non-hydrogen) atoms. The Morgan fingerprint density at radius 1 is 1.40 bits per heavy atom. The molecule has 3 aromatic heterocycles. The molecular weight excluding hydrogens is 342 g/mol. The van der Waals surface area contributed by atoms with Crippen LogP contribution in [0.25, 0.3) is 5.52 Å². The molecule has 0 spiro atoms. The van der Waals surface area contributed by atoms with Crippen LogP contribution in [-0.2, 0) is 0 Å². The van der Waals surface area contributed by atoms with E-state index in [0.29, 0.717) is 17.0 Å². The van der Waals surface area contributed by atoms with Gasteiger partial charge in [0.25, 0.3) is 0 Å². The summed E-state index contributed by atoms with van der Waals surface area (Å²) in [5.41, 5.74) is 0.791. The molecule has 1 aliphatic rings. The molecule has 2 N–H and O–H groups in total. The van der Waals surface area contributed by atoms with Crippen molar-refractivity contribution in [2.75, 3.05) is 13.1 Å². The van der Waals surface area contributed by atoms with E-state index in [2.05, 4.69) is 27.3 Å². The summed E-state index contributed by atoms with van der Waals surface area (Å²) in [6.45, 7) is 4.13. The van der Waals surface area contributed by atoms with E-state index in [-0.39, 0.29) is 11.7 Å². The Labute approximate surface area is 150 Å². The largest absolute Gasteiger partial charge is 0.473 e. The van der Waals surface area contributed by atoms with Crippen LogP contribution in [-0.4, -0.2) is 38.8 Å². The van der Waals surface area contributed by atoms with Crippen LogP contribution >= 0.6 is 11.6 Å². The molecule has 4 rings (SSSR count). The van der Waals surface area contributed by atoms with Crippen molar-refractivity contribution in [3.05, 3.63) is 58.4 Å². The van der Waals surface area contributed by atoms with E-state index in [4.69, 9.17) is 16.3 Å². The second-order valence-corrected chi connectivity index (χ2v) is 6.22. The van der Waals surface area contributed by atoms with Crippen molar-refractivity contribution in [1.29, 1.82) is 0 Å². The Morgan fingerprint density at radius 2 is 2.28 bits per heavy atom. The van der Waals surface area contributed by atoms with E-state index in [0.717, 1.165) is 25.0 Å². The average Bonchev–Trinajstić information content (AvgIpc) is 3.27. The van der Waals surface area contributed by atoms with Gasteiger partial charge in [-0.1, -0.05) is 17.7 Å². The van der Waals surface area contributed by atoms with E-state index in [1.54, 1.807) is 35.2 Å². The topological polar surface area (TPSA) is 84.3 Å². The minimum Gasteiger partial charge on any atom is -0.473 e. The Hall–Kier alpha value is -2.38. The second-order valence-electron chi connectivity index (χ2n) is 5.83. The van der Waals surface area contributed by atoms with E-state index in [9.17, 15) is 4.79 Å². The Morgan fingerprint density at radius 3 is 2.92 bits per heavy atom. The summed E-state index contributed by atoms with van der Waals surface area (Å²) in [6, 6.07) is 6.80. The molecule has 8 heteroatoms. The molecule has 1 saturated heterocycles. The number of aromatic nitrogens is 4. The molecule has 0 unspecified atom stereocenters. The molecule has 0 amide bonds. The number of aromatic amines is 1. The summed E-state index contributed by atoms with van der Waals surface area (Å²) < 4.78 is 7.64. The zero-order chi connectivity index (χ0) is 17.6. The minimum atomic E-state index is -0.0532. The summed E-state index contributed by atoms with van der Waals surface area (Å²) in [4.78, 5) is 16.9. The molecule has 0 aromatic carbocycles. The first kappa shape index (κ1) is 17.4. The maximum absolute atomic E-state index is 10.2. The molecule has 1 fully saturated rings. The van der Waals surface area contributed by atoms with Crippen LogP contribution in [0.4, 0.5) is 0 Å². The third-order valence-electron chi connectivity index (χ3n) is 4.07. The molecular formula is C17H20ClN5O2. The number of ether oxygens (including phenoxy) is 1. The Kier molecular flexibility index (Phi) is 5.67. The first-order valence-corrected chi connectivity index (χ1v) is 8.52. The fourth-order valence-electron chi connectivity index (χ4n) is 2.68. The minimum absolute atomic E-state index is 0.0532. The van der Waals surface area contributed by atoms with E-state index < -0.39 is 0 Å². The maximum atomic E-state index is 10.2. The Balaban J connectivity index is 0.000000219. The number of H-pyrrole nitrogens is 1. The van der Waals surface area contributed by atoms with Crippen LogP contribution in [0.1, 0.15) is 13.3 Å². The van der Waals surface area contributed by atoms with Crippen LogP contribution in [0.5, 0.6) is 5.88 Å². The van der Waals surface area contributed by atoms with Crippen molar-refractivity contribution in [3.63, 3.8) is 0 Å². The summed E-state index contributed by atoms with van der Waals surface area (Å²) in [5.74, 6) is 1.08. The fraction of sp³-hybridized carbons (Fsp3) is 0.353. The number of hydrogen-bond acceptors (Lipinski definition) is 5. The lowest BCUT2D eigenvalue weighted by Crippen LogP contribution is -2.26. The quantitative estimate of drug-likeness (QED) is 0.746. The number of fused-ring (bicyclic) bond motifs is 1. The molecule has 3 aromatic rings. The molecule has 0 bridgehead atoms. The van der Waals surface area contributed by atoms with Gasteiger partial charge >= 0.3 is 0 Å². The van der Waals surface area contributed by atoms with Gasteiger partial charge in [0.2, 0.25) is 11.4 Å². The van der Waals surface area contributed by atoms with Gasteiger partial charge < -0.3 is 15.0 Å². The molecule has 1 aliphatic heterocycles. The standard InChI is InChI=1S/C12H15ClN4O.C5H5NO/c1-8(9-2-4-14-6-9)18-12-10-3-5-15-17(10)7-11(13)16-12;7-5-3-1-2-4-6-5/h3,5,7-9,14H,2,4,6H2,1H3;1-4H,(H,6,7)/t8-,9-;/m1./s1. The zero-order valence-electron chi connectivity index (χ0n) is 13.9. The van der Waals surface area contributed by atoms with Gasteiger partial charge in [0.05, 0.1) is 12.4 Å². The zero-order valence-corrected chi connectivity index (χ0v) is 14.6. The highest BCUT2D eigenvalue weighted by Gasteiger charge is 2.23. The molecule has 0 aliphatic carbocycles. The van der Waals surface area contributed by atoms with Crippen molar-refractivity contribution >= 4 is 17.1 Å². The van der Waals surface area contributed by atoms with Crippen LogP contribution in [0, 0.1) is 5.92 Å². The van der Waals surface area contributed by atoms with Gasteiger partial charge in [0, 0.05) is 24.7 Å². The highest BCUT2D eigenvalue weighted by Crippen LogP contribution is 2.24. The van der Waals surface area contributed by atoms with Crippen molar-refractivity contribution in [2.45, 2.75) is 19.4 Å². The smallest absolute Gasteiger partial charge is 0.247 e. The Bertz CT molecular complexity index is 855. The lowest BCUT2D eigenvalue weighted by Gasteiger charge is -2.19. The number of hydrogen-bond donors (Lipinski definition) is 2.